The average Bonchev–Trinajstić information content (AvgIpc) is 2.17. The van der Waals surface area contributed by atoms with E-state index >= 15 is 0 Å². The van der Waals surface area contributed by atoms with Crippen molar-refractivity contribution < 1.29 is 23.4 Å². The Balaban J connectivity index is 2.86. The number of benzene rings is 1. The van der Waals surface area contributed by atoms with Crippen LogP contribution in [0.3, 0.4) is 0 Å². The molecule has 5 heteroatoms. The smallest absolute Gasteiger partial charge is 0.418 e. The third-order valence-corrected chi connectivity index (χ3v) is 1.72. The quantitative estimate of drug-likeness (QED) is 0.749. The van der Waals surface area contributed by atoms with E-state index in [0.717, 1.165) is 0 Å². The molecule has 0 aliphatic carbocycles. The first-order valence-corrected chi connectivity index (χ1v) is 4.12. The van der Waals surface area contributed by atoms with E-state index in [1.165, 1.54) is 12.1 Å². The van der Waals surface area contributed by atoms with E-state index in [9.17, 15) is 18.3 Å². The summed E-state index contributed by atoms with van der Waals surface area (Å²) in [6.45, 7) is 0. The fourth-order valence-corrected chi connectivity index (χ4v) is 0.949. The van der Waals surface area contributed by atoms with Crippen LogP contribution in [0.4, 0.5) is 13.2 Å². The van der Waals surface area contributed by atoms with Crippen molar-refractivity contribution in [2.75, 3.05) is 0 Å². The molecule has 0 aliphatic heterocycles. The number of hydrogen-bond acceptors (Lipinski definition) is 2. The molecule has 0 radical (unpaired) electrons. The van der Waals surface area contributed by atoms with Crippen LogP contribution in [-0.2, 0) is 0 Å². The first-order valence-electron chi connectivity index (χ1n) is 4.12. The molecular formula is C10H9F3O2. The molecule has 0 amide bonds. The van der Waals surface area contributed by atoms with Crippen LogP contribution in [0.1, 0.15) is 5.56 Å². The van der Waals surface area contributed by atoms with Gasteiger partial charge in [0.1, 0.15) is 5.76 Å². The summed E-state index contributed by atoms with van der Waals surface area (Å²) in [4.78, 5) is 0. The highest BCUT2D eigenvalue weighted by molar-refractivity contribution is 5.58. The van der Waals surface area contributed by atoms with Crippen molar-refractivity contribution in [3.05, 3.63) is 42.0 Å². The first kappa shape index (κ1) is 11.6. The summed E-state index contributed by atoms with van der Waals surface area (Å²) in [6, 6.07) is 7.68. The van der Waals surface area contributed by atoms with Crippen LogP contribution in [0.5, 0.6) is 0 Å². The zero-order chi connectivity index (χ0) is 11.5. The van der Waals surface area contributed by atoms with Gasteiger partial charge in [-0.3, -0.25) is 0 Å². The van der Waals surface area contributed by atoms with Crippen LogP contribution in [0.25, 0.3) is 5.76 Å². The Morgan fingerprint density at radius 1 is 1.20 bits per heavy atom. The van der Waals surface area contributed by atoms with Gasteiger partial charge in [-0.05, 0) is 6.08 Å². The topological polar surface area (TPSA) is 40.5 Å². The largest absolute Gasteiger partial charge is 0.508 e. The maximum Gasteiger partial charge on any atom is 0.418 e. The number of hydrogen-bond donors (Lipinski definition) is 2. The van der Waals surface area contributed by atoms with E-state index in [2.05, 4.69) is 0 Å². The fourth-order valence-electron chi connectivity index (χ4n) is 0.949. The molecule has 1 aromatic rings. The molecule has 0 aromatic heterocycles. The van der Waals surface area contributed by atoms with Crippen LogP contribution < -0.4 is 0 Å². The molecule has 1 aromatic carbocycles. The van der Waals surface area contributed by atoms with Gasteiger partial charge < -0.3 is 10.2 Å². The Morgan fingerprint density at radius 2 is 1.73 bits per heavy atom. The molecule has 0 unspecified atom stereocenters. The number of aliphatic hydroxyl groups is 2. The van der Waals surface area contributed by atoms with Gasteiger partial charge in [0, 0.05) is 5.56 Å². The molecule has 82 valence electrons. The second kappa shape index (κ2) is 4.35. The summed E-state index contributed by atoms with van der Waals surface area (Å²) in [5.41, 5.74) is 0.223. The van der Waals surface area contributed by atoms with E-state index < -0.39 is 18.0 Å². The minimum atomic E-state index is -4.76. The Hall–Kier alpha value is -1.49. The molecule has 0 aliphatic rings. The highest BCUT2D eigenvalue weighted by Gasteiger charge is 2.37. The summed E-state index contributed by atoms with van der Waals surface area (Å²) < 4.78 is 35.8. The Labute approximate surface area is 84.3 Å². The van der Waals surface area contributed by atoms with Crippen LogP contribution in [-0.4, -0.2) is 22.5 Å². The third-order valence-electron chi connectivity index (χ3n) is 1.72. The Bertz CT molecular complexity index is 343. The zero-order valence-electron chi connectivity index (χ0n) is 7.57. The third kappa shape index (κ3) is 3.28. The van der Waals surface area contributed by atoms with Crippen molar-refractivity contribution in [1.29, 1.82) is 0 Å². The lowest BCUT2D eigenvalue weighted by Crippen LogP contribution is -2.26. The summed E-state index contributed by atoms with van der Waals surface area (Å²) in [5.74, 6) is -0.597. The Kier molecular flexibility index (Phi) is 3.36. The predicted molar refractivity (Wildman–Crippen MR) is 49.1 cm³/mol. The summed E-state index contributed by atoms with van der Waals surface area (Å²) in [5, 5.41) is 17.9. The van der Waals surface area contributed by atoms with E-state index in [1.807, 2.05) is 0 Å². The van der Waals surface area contributed by atoms with Gasteiger partial charge >= 0.3 is 6.18 Å². The average molecular weight is 218 g/mol. The SMILES string of the molecule is O/C(=C\[C@@H](O)C(F)(F)F)c1ccccc1. The van der Waals surface area contributed by atoms with Gasteiger partial charge in [0.2, 0.25) is 0 Å². The molecule has 15 heavy (non-hydrogen) atoms. The minimum Gasteiger partial charge on any atom is -0.508 e. The van der Waals surface area contributed by atoms with Gasteiger partial charge in [-0.25, -0.2) is 0 Å². The van der Waals surface area contributed by atoms with E-state index in [-0.39, 0.29) is 5.56 Å². The second-order valence-corrected chi connectivity index (χ2v) is 2.90. The molecular weight excluding hydrogens is 209 g/mol. The van der Waals surface area contributed by atoms with E-state index in [1.54, 1.807) is 18.2 Å². The lowest BCUT2D eigenvalue weighted by molar-refractivity contribution is -0.187. The van der Waals surface area contributed by atoms with Gasteiger partial charge in [-0.1, -0.05) is 30.3 Å². The monoisotopic (exact) mass is 218 g/mol. The minimum absolute atomic E-state index is 0.223. The van der Waals surface area contributed by atoms with Crippen molar-refractivity contribution in [2.45, 2.75) is 12.3 Å². The fraction of sp³-hybridized carbons (Fsp3) is 0.200. The normalized spacial score (nSPS) is 15.1. The molecule has 0 heterocycles. The molecule has 0 saturated heterocycles. The van der Waals surface area contributed by atoms with Gasteiger partial charge in [0.05, 0.1) is 0 Å². The molecule has 2 N–H and O–H groups in total. The molecule has 1 atom stereocenters. The molecule has 0 fully saturated rings. The lowest BCUT2D eigenvalue weighted by atomic mass is 10.1. The van der Waals surface area contributed by atoms with Crippen LogP contribution in [0.15, 0.2) is 36.4 Å². The van der Waals surface area contributed by atoms with Gasteiger partial charge in [-0.15, -0.1) is 0 Å². The van der Waals surface area contributed by atoms with Gasteiger partial charge in [-0.2, -0.15) is 13.2 Å². The van der Waals surface area contributed by atoms with Crippen molar-refractivity contribution in [3.8, 4) is 0 Å². The number of halogens is 3. The number of alkyl halides is 3. The van der Waals surface area contributed by atoms with E-state index in [0.29, 0.717) is 6.08 Å². The van der Waals surface area contributed by atoms with Gasteiger partial charge in [0.15, 0.2) is 6.10 Å². The molecule has 0 bridgehead atoms. The lowest BCUT2D eigenvalue weighted by Gasteiger charge is -2.10. The summed E-state index contributed by atoms with van der Waals surface area (Å²) in [7, 11) is 0. The predicted octanol–water partition coefficient (Wildman–Crippen LogP) is 2.51. The first-order chi connectivity index (χ1) is 6.91. The number of aliphatic hydroxyl groups excluding tert-OH is 2. The van der Waals surface area contributed by atoms with Crippen molar-refractivity contribution in [3.63, 3.8) is 0 Å². The van der Waals surface area contributed by atoms with Crippen molar-refractivity contribution in [2.24, 2.45) is 0 Å². The highest BCUT2D eigenvalue weighted by Crippen LogP contribution is 2.23. The zero-order valence-corrected chi connectivity index (χ0v) is 7.57. The summed E-state index contributed by atoms with van der Waals surface area (Å²) in [6.07, 6.45) is -7.06. The van der Waals surface area contributed by atoms with Crippen molar-refractivity contribution in [1.82, 2.24) is 0 Å². The molecule has 0 spiro atoms. The van der Waals surface area contributed by atoms with Crippen LogP contribution in [0.2, 0.25) is 0 Å². The van der Waals surface area contributed by atoms with Crippen LogP contribution >= 0.6 is 0 Å². The molecule has 2 nitrogen and oxygen atoms in total. The highest BCUT2D eigenvalue weighted by atomic mass is 19.4. The molecule has 0 saturated carbocycles. The summed E-state index contributed by atoms with van der Waals surface area (Å²) >= 11 is 0. The van der Waals surface area contributed by atoms with Crippen LogP contribution in [0, 0.1) is 0 Å². The standard InChI is InChI=1S/C10H9F3O2/c11-10(12,13)9(15)6-8(14)7-4-2-1-3-5-7/h1-6,9,14-15H/b8-6-/t9-/m1/s1. The maximum atomic E-state index is 11.9. The second-order valence-electron chi connectivity index (χ2n) is 2.90. The Morgan fingerprint density at radius 3 is 2.20 bits per heavy atom. The van der Waals surface area contributed by atoms with E-state index in [4.69, 9.17) is 5.11 Å². The maximum absolute atomic E-state index is 11.9. The van der Waals surface area contributed by atoms with Gasteiger partial charge in [0.25, 0.3) is 0 Å². The molecule has 1 rings (SSSR count). The number of rotatable bonds is 2. The van der Waals surface area contributed by atoms with Crippen molar-refractivity contribution >= 4 is 5.76 Å².